The van der Waals surface area contributed by atoms with Gasteiger partial charge >= 0.3 is 0 Å². The summed E-state index contributed by atoms with van der Waals surface area (Å²) in [4.78, 5) is 13.9. The van der Waals surface area contributed by atoms with Crippen molar-refractivity contribution in [2.24, 2.45) is 0 Å². The molecular formula is C17H21ClN4O. The molecule has 5 nitrogen and oxygen atoms in total. The fourth-order valence-corrected chi connectivity index (χ4v) is 2.26. The highest BCUT2D eigenvalue weighted by atomic mass is 35.5. The summed E-state index contributed by atoms with van der Waals surface area (Å²) < 4.78 is 0. The summed E-state index contributed by atoms with van der Waals surface area (Å²) in [7, 11) is 1.78. The lowest BCUT2D eigenvalue weighted by Crippen LogP contribution is -2.28. The molecule has 1 aromatic carbocycles. The van der Waals surface area contributed by atoms with Crippen molar-refractivity contribution < 1.29 is 4.79 Å². The van der Waals surface area contributed by atoms with Crippen LogP contribution in [0, 0.1) is 6.92 Å². The first-order valence-electron chi connectivity index (χ1n) is 7.64. The van der Waals surface area contributed by atoms with Crippen LogP contribution in [0.3, 0.4) is 0 Å². The van der Waals surface area contributed by atoms with Gasteiger partial charge in [-0.1, -0.05) is 31.0 Å². The molecule has 0 unspecified atom stereocenters. The van der Waals surface area contributed by atoms with Gasteiger partial charge in [0.15, 0.2) is 11.5 Å². The molecule has 0 aliphatic carbocycles. The third kappa shape index (κ3) is 4.42. The van der Waals surface area contributed by atoms with E-state index >= 15 is 0 Å². The van der Waals surface area contributed by atoms with Crippen LogP contribution in [0.25, 0.3) is 0 Å². The fraction of sp³-hybridized carbons (Fsp3) is 0.353. The molecule has 0 atom stereocenters. The van der Waals surface area contributed by atoms with Crippen LogP contribution in [-0.4, -0.2) is 34.6 Å². The molecule has 0 bridgehead atoms. The number of aromatic nitrogens is 2. The molecule has 0 saturated heterocycles. The second-order valence-corrected chi connectivity index (χ2v) is 5.83. The molecule has 1 heterocycles. The van der Waals surface area contributed by atoms with Gasteiger partial charge in [0.2, 0.25) is 0 Å². The second kappa shape index (κ2) is 7.92. The number of carbonyl (C=O) groups is 1. The fourth-order valence-electron chi connectivity index (χ4n) is 2.09. The van der Waals surface area contributed by atoms with Gasteiger partial charge in [0.25, 0.3) is 5.91 Å². The first-order chi connectivity index (χ1) is 11.0. The van der Waals surface area contributed by atoms with Gasteiger partial charge in [0.05, 0.1) is 0 Å². The number of hydrogen-bond acceptors (Lipinski definition) is 4. The Morgan fingerprint density at radius 1 is 1.26 bits per heavy atom. The molecule has 1 N–H and O–H groups in total. The van der Waals surface area contributed by atoms with Crippen LogP contribution < -0.4 is 5.32 Å². The molecule has 23 heavy (non-hydrogen) atoms. The number of carbonyl (C=O) groups excluding carboxylic acids is 1. The van der Waals surface area contributed by atoms with Gasteiger partial charge in [-0.15, -0.1) is 10.2 Å². The normalized spacial score (nSPS) is 10.4. The number of hydrogen-bond donors (Lipinski definition) is 1. The number of unbranched alkanes of at least 4 members (excludes halogenated alkanes) is 1. The zero-order chi connectivity index (χ0) is 16.8. The van der Waals surface area contributed by atoms with E-state index in [2.05, 4.69) is 22.4 Å². The monoisotopic (exact) mass is 332 g/mol. The van der Waals surface area contributed by atoms with E-state index in [4.69, 9.17) is 11.6 Å². The van der Waals surface area contributed by atoms with Crippen molar-refractivity contribution in [1.82, 2.24) is 15.1 Å². The van der Waals surface area contributed by atoms with Crippen molar-refractivity contribution in [2.75, 3.05) is 18.9 Å². The largest absolute Gasteiger partial charge is 0.340 e. The Morgan fingerprint density at radius 2 is 2.04 bits per heavy atom. The van der Waals surface area contributed by atoms with E-state index in [9.17, 15) is 4.79 Å². The molecule has 0 spiro atoms. The number of amides is 1. The molecule has 0 radical (unpaired) electrons. The zero-order valence-corrected chi connectivity index (χ0v) is 14.4. The van der Waals surface area contributed by atoms with Crippen molar-refractivity contribution in [1.29, 1.82) is 0 Å². The number of nitrogens with zero attached hydrogens (tertiary/aromatic N) is 3. The van der Waals surface area contributed by atoms with Crippen LogP contribution in [0.5, 0.6) is 0 Å². The summed E-state index contributed by atoms with van der Waals surface area (Å²) >= 11 is 6.10. The Labute approximate surface area is 141 Å². The van der Waals surface area contributed by atoms with Gasteiger partial charge in [-0.3, -0.25) is 4.79 Å². The van der Waals surface area contributed by atoms with E-state index in [1.54, 1.807) is 24.1 Å². The maximum absolute atomic E-state index is 12.2. The van der Waals surface area contributed by atoms with Gasteiger partial charge in [0.1, 0.15) is 0 Å². The Hall–Kier alpha value is -2.14. The minimum absolute atomic E-state index is 0.114. The lowest BCUT2D eigenvalue weighted by atomic mass is 10.2. The van der Waals surface area contributed by atoms with E-state index in [-0.39, 0.29) is 5.91 Å². The van der Waals surface area contributed by atoms with Crippen molar-refractivity contribution in [2.45, 2.75) is 26.7 Å². The summed E-state index contributed by atoms with van der Waals surface area (Å²) in [6.07, 6.45) is 2.02. The van der Waals surface area contributed by atoms with Crippen molar-refractivity contribution in [3.05, 3.63) is 46.6 Å². The number of nitrogens with one attached hydrogen (secondary N) is 1. The molecular weight excluding hydrogens is 312 g/mol. The number of rotatable bonds is 6. The van der Waals surface area contributed by atoms with Gasteiger partial charge in [-0.25, -0.2) is 0 Å². The van der Waals surface area contributed by atoms with Crippen molar-refractivity contribution in [3.63, 3.8) is 0 Å². The van der Waals surface area contributed by atoms with Crippen LogP contribution in [-0.2, 0) is 0 Å². The number of benzene rings is 1. The SMILES string of the molecule is CCCCN(C)C(=O)c1ccc(Nc2cccc(Cl)c2C)nn1. The van der Waals surface area contributed by atoms with Crippen molar-refractivity contribution >= 4 is 29.0 Å². The van der Waals surface area contributed by atoms with E-state index in [1.807, 2.05) is 25.1 Å². The minimum Gasteiger partial charge on any atom is -0.340 e. The van der Waals surface area contributed by atoms with Gasteiger partial charge < -0.3 is 10.2 Å². The molecule has 0 saturated carbocycles. The summed E-state index contributed by atoms with van der Waals surface area (Å²) in [5, 5.41) is 11.9. The average Bonchev–Trinajstić information content (AvgIpc) is 2.57. The zero-order valence-electron chi connectivity index (χ0n) is 13.6. The van der Waals surface area contributed by atoms with E-state index in [0.29, 0.717) is 16.5 Å². The maximum atomic E-state index is 12.2. The highest BCUT2D eigenvalue weighted by Gasteiger charge is 2.13. The van der Waals surface area contributed by atoms with Crippen molar-refractivity contribution in [3.8, 4) is 0 Å². The summed E-state index contributed by atoms with van der Waals surface area (Å²) in [5.41, 5.74) is 2.15. The minimum atomic E-state index is -0.114. The lowest BCUT2D eigenvalue weighted by molar-refractivity contribution is 0.0786. The smallest absolute Gasteiger partial charge is 0.274 e. The molecule has 2 rings (SSSR count). The topological polar surface area (TPSA) is 58.1 Å². The molecule has 0 aliphatic heterocycles. The molecule has 1 amide bonds. The van der Waals surface area contributed by atoms with Crippen LogP contribution >= 0.6 is 11.6 Å². The summed E-state index contributed by atoms with van der Waals surface area (Å²) in [6, 6.07) is 9.04. The molecule has 0 fully saturated rings. The van der Waals surface area contributed by atoms with Crippen LogP contribution in [0.1, 0.15) is 35.8 Å². The van der Waals surface area contributed by atoms with E-state index in [0.717, 1.165) is 30.6 Å². The molecule has 122 valence electrons. The predicted octanol–water partition coefficient (Wildman–Crippen LogP) is 4.05. The predicted molar refractivity (Wildman–Crippen MR) is 93.4 cm³/mol. The Bertz CT molecular complexity index is 673. The highest BCUT2D eigenvalue weighted by molar-refractivity contribution is 6.31. The third-order valence-corrected chi connectivity index (χ3v) is 4.02. The lowest BCUT2D eigenvalue weighted by Gasteiger charge is -2.16. The Kier molecular flexibility index (Phi) is 5.93. The Morgan fingerprint density at radius 3 is 2.70 bits per heavy atom. The average molecular weight is 333 g/mol. The summed E-state index contributed by atoms with van der Waals surface area (Å²) in [6.45, 7) is 4.74. The van der Waals surface area contributed by atoms with Gasteiger partial charge in [0, 0.05) is 24.3 Å². The Balaban J connectivity index is 2.07. The molecule has 1 aromatic heterocycles. The van der Waals surface area contributed by atoms with E-state index in [1.165, 1.54) is 0 Å². The number of anilines is 2. The first-order valence-corrected chi connectivity index (χ1v) is 8.02. The summed E-state index contributed by atoms with van der Waals surface area (Å²) in [5.74, 6) is 0.458. The molecule has 6 heteroatoms. The van der Waals surface area contributed by atoms with Gasteiger partial charge in [-0.05, 0) is 43.2 Å². The standard InChI is InChI=1S/C17H21ClN4O/c1-4-5-11-22(3)17(23)15-9-10-16(21-20-15)19-14-8-6-7-13(18)12(14)2/h6-10H,4-5,11H2,1-3H3,(H,19,21). The maximum Gasteiger partial charge on any atom is 0.274 e. The van der Waals surface area contributed by atoms with Gasteiger partial charge in [-0.2, -0.15) is 0 Å². The third-order valence-electron chi connectivity index (χ3n) is 3.61. The van der Waals surface area contributed by atoms with Crippen LogP contribution in [0.4, 0.5) is 11.5 Å². The molecule has 2 aromatic rings. The van der Waals surface area contributed by atoms with Crippen LogP contribution in [0.15, 0.2) is 30.3 Å². The number of halogens is 1. The van der Waals surface area contributed by atoms with Crippen LogP contribution in [0.2, 0.25) is 5.02 Å². The second-order valence-electron chi connectivity index (χ2n) is 5.42. The first kappa shape index (κ1) is 17.2. The van der Waals surface area contributed by atoms with E-state index < -0.39 is 0 Å². The quantitative estimate of drug-likeness (QED) is 0.866. The highest BCUT2D eigenvalue weighted by Crippen LogP contribution is 2.25. The molecule has 0 aliphatic rings.